The summed E-state index contributed by atoms with van der Waals surface area (Å²) in [6, 6.07) is 8.41. The van der Waals surface area contributed by atoms with Crippen molar-refractivity contribution in [1.82, 2.24) is 19.4 Å². The van der Waals surface area contributed by atoms with Crippen LogP contribution in [0.3, 0.4) is 0 Å². The molecule has 1 aromatic carbocycles. The van der Waals surface area contributed by atoms with Gasteiger partial charge in [0.05, 0.1) is 0 Å². The van der Waals surface area contributed by atoms with Crippen LogP contribution in [0.15, 0.2) is 35.1 Å². The van der Waals surface area contributed by atoms with E-state index >= 15 is 0 Å². The van der Waals surface area contributed by atoms with Crippen LogP contribution in [-0.4, -0.2) is 39.5 Å². The molecule has 0 fully saturated rings. The highest BCUT2D eigenvalue weighted by Crippen LogP contribution is 2.12. The Morgan fingerprint density at radius 3 is 2.44 bits per heavy atom. The molecule has 7 nitrogen and oxygen atoms in total. The summed E-state index contributed by atoms with van der Waals surface area (Å²) in [6.45, 7) is 0. The van der Waals surface area contributed by atoms with Crippen LogP contribution in [0, 0.1) is 0 Å². The number of nitrogens with zero attached hydrogens (tertiary/aromatic N) is 4. The van der Waals surface area contributed by atoms with Crippen LogP contribution in [-0.2, 0) is 0 Å². The highest BCUT2D eigenvalue weighted by molar-refractivity contribution is 5.75. The van der Waals surface area contributed by atoms with Crippen molar-refractivity contribution < 1.29 is 4.79 Å². The molecular weight excluding hydrogens is 234 g/mol. The molecule has 0 unspecified atom stereocenters. The van der Waals surface area contributed by atoms with Crippen molar-refractivity contribution in [3.8, 4) is 11.4 Å². The lowest BCUT2D eigenvalue weighted by Gasteiger charge is -2.07. The lowest BCUT2D eigenvalue weighted by atomic mass is 10.2. The second-order valence-corrected chi connectivity index (χ2v) is 3.93. The maximum absolute atomic E-state index is 11.8. The van der Waals surface area contributed by atoms with E-state index in [1.54, 1.807) is 24.3 Å². The van der Waals surface area contributed by atoms with Gasteiger partial charge in [-0.3, -0.25) is 0 Å². The molecule has 94 valence electrons. The van der Waals surface area contributed by atoms with Gasteiger partial charge in [-0.25, -0.2) is 9.59 Å². The highest BCUT2D eigenvalue weighted by atomic mass is 16.2. The van der Waals surface area contributed by atoms with Gasteiger partial charge in [-0.05, 0) is 0 Å². The zero-order valence-corrected chi connectivity index (χ0v) is 10.1. The monoisotopic (exact) mass is 247 g/mol. The number of carbonyl (C=O) groups excluding carboxylic acids is 1. The normalized spacial score (nSPS) is 10.3. The third-order valence-corrected chi connectivity index (χ3v) is 2.41. The zero-order valence-electron chi connectivity index (χ0n) is 10.1. The quantitative estimate of drug-likeness (QED) is 0.716. The zero-order chi connectivity index (χ0) is 13.3. The fraction of sp³-hybridized carbons (Fsp3) is 0.182. The lowest BCUT2D eigenvalue weighted by Crippen LogP contribution is -2.38. The molecule has 2 N–H and O–H groups in total. The fourth-order valence-electron chi connectivity index (χ4n) is 1.48. The van der Waals surface area contributed by atoms with Gasteiger partial charge in [-0.15, -0.1) is 9.78 Å². The number of amides is 1. The van der Waals surface area contributed by atoms with E-state index in [4.69, 9.17) is 5.84 Å². The molecule has 18 heavy (non-hydrogen) atoms. The number of hydrogen-bond donors (Lipinski definition) is 1. The molecule has 1 amide bonds. The van der Waals surface area contributed by atoms with E-state index in [0.29, 0.717) is 5.56 Å². The summed E-state index contributed by atoms with van der Waals surface area (Å²) in [5.41, 5.74) is -0.00467. The Morgan fingerprint density at radius 1 is 1.28 bits per heavy atom. The summed E-state index contributed by atoms with van der Waals surface area (Å²) in [7, 11) is 3.07. The number of rotatable bonds is 1. The Kier molecular flexibility index (Phi) is 2.88. The topological polar surface area (TPSA) is 86.2 Å². The summed E-state index contributed by atoms with van der Waals surface area (Å²) in [4.78, 5) is 24.8. The first kappa shape index (κ1) is 11.9. The smallest absolute Gasteiger partial charge is 0.333 e. The lowest BCUT2D eigenvalue weighted by molar-refractivity contribution is 0.215. The Hall–Kier alpha value is -2.57. The second kappa shape index (κ2) is 4.36. The van der Waals surface area contributed by atoms with Crippen molar-refractivity contribution in [1.29, 1.82) is 0 Å². The maximum Gasteiger partial charge on any atom is 0.373 e. The third kappa shape index (κ3) is 1.86. The second-order valence-electron chi connectivity index (χ2n) is 3.93. The predicted octanol–water partition coefficient (Wildman–Crippen LogP) is -0.0447. The summed E-state index contributed by atoms with van der Waals surface area (Å²) in [5, 5.41) is 3.95. The molecule has 7 heteroatoms. The molecular formula is C11H13N5O2. The maximum atomic E-state index is 11.8. The van der Waals surface area contributed by atoms with Gasteiger partial charge in [0, 0.05) is 19.7 Å². The minimum absolute atomic E-state index is 0.246. The van der Waals surface area contributed by atoms with E-state index in [9.17, 15) is 9.59 Å². The van der Waals surface area contributed by atoms with Crippen molar-refractivity contribution in [2.24, 2.45) is 0 Å². The highest BCUT2D eigenvalue weighted by Gasteiger charge is 2.18. The van der Waals surface area contributed by atoms with E-state index in [-0.39, 0.29) is 5.82 Å². The van der Waals surface area contributed by atoms with Gasteiger partial charge in [-0.2, -0.15) is 4.68 Å². The van der Waals surface area contributed by atoms with Gasteiger partial charge in [0.15, 0.2) is 5.82 Å². The number of nitrogens with two attached hydrogens (primary N) is 1. The Balaban J connectivity index is 2.57. The Bertz CT molecular complexity index is 627. The van der Waals surface area contributed by atoms with Crippen LogP contribution in [0.4, 0.5) is 4.79 Å². The minimum Gasteiger partial charge on any atom is -0.333 e. The molecule has 0 bridgehead atoms. The van der Waals surface area contributed by atoms with E-state index in [1.807, 2.05) is 6.07 Å². The SMILES string of the molecule is CN(C)C(=O)n1nc(-c2ccccc2)n(N)c1=O. The van der Waals surface area contributed by atoms with E-state index in [1.165, 1.54) is 19.0 Å². The fourth-order valence-corrected chi connectivity index (χ4v) is 1.48. The molecule has 0 saturated heterocycles. The summed E-state index contributed by atoms with van der Waals surface area (Å²) in [5.74, 6) is 5.87. The first-order chi connectivity index (χ1) is 8.52. The van der Waals surface area contributed by atoms with E-state index in [0.717, 1.165) is 9.36 Å². The molecule has 0 aliphatic heterocycles. The van der Waals surface area contributed by atoms with Gasteiger partial charge in [0.2, 0.25) is 0 Å². The van der Waals surface area contributed by atoms with Crippen molar-refractivity contribution in [2.75, 3.05) is 19.9 Å². The van der Waals surface area contributed by atoms with Crippen LogP contribution in [0.2, 0.25) is 0 Å². The van der Waals surface area contributed by atoms with Crippen molar-refractivity contribution in [3.05, 3.63) is 40.8 Å². The molecule has 0 radical (unpaired) electrons. The van der Waals surface area contributed by atoms with E-state index < -0.39 is 11.7 Å². The Morgan fingerprint density at radius 2 is 1.89 bits per heavy atom. The van der Waals surface area contributed by atoms with Gasteiger partial charge in [0.1, 0.15) is 0 Å². The molecule has 0 spiro atoms. The average Bonchev–Trinajstić information content (AvgIpc) is 2.67. The average molecular weight is 247 g/mol. The molecule has 0 saturated carbocycles. The number of benzene rings is 1. The van der Waals surface area contributed by atoms with Crippen molar-refractivity contribution in [3.63, 3.8) is 0 Å². The predicted molar refractivity (Wildman–Crippen MR) is 66.6 cm³/mol. The first-order valence-electron chi connectivity index (χ1n) is 5.26. The standard InChI is InChI=1S/C11H13N5O2/c1-14(2)10(17)16-11(18)15(12)9(13-16)8-6-4-3-5-7-8/h3-7H,12H2,1-2H3. The summed E-state index contributed by atoms with van der Waals surface area (Å²) in [6.07, 6.45) is 0. The van der Waals surface area contributed by atoms with Crippen LogP contribution in [0.25, 0.3) is 11.4 Å². The van der Waals surface area contributed by atoms with Crippen molar-refractivity contribution >= 4 is 6.03 Å². The molecule has 0 aliphatic carbocycles. The van der Waals surface area contributed by atoms with Crippen molar-refractivity contribution in [2.45, 2.75) is 0 Å². The molecule has 0 atom stereocenters. The first-order valence-corrected chi connectivity index (χ1v) is 5.26. The number of aromatic nitrogens is 3. The summed E-state index contributed by atoms with van der Waals surface area (Å²) < 4.78 is 1.60. The molecule has 2 rings (SSSR count). The Labute approximate surface area is 103 Å². The molecule has 2 aromatic rings. The van der Waals surface area contributed by atoms with Gasteiger partial charge < -0.3 is 10.7 Å². The molecule has 0 aliphatic rings. The third-order valence-electron chi connectivity index (χ3n) is 2.41. The van der Waals surface area contributed by atoms with Crippen LogP contribution in [0.5, 0.6) is 0 Å². The minimum atomic E-state index is -0.674. The van der Waals surface area contributed by atoms with Gasteiger partial charge in [-0.1, -0.05) is 30.3 Å². The molecule has 1 heterocycles. The van der Waals surface area contributed by atoms with Crippen LogP contribution >= 0.6 is 0 Å². The van der Waals surface area contributed by atoms with Gasteiger partial charge in [0.25, 0.3) is 0 Å². The number of carbonyl (C=O) groups is 1. The molecule has 1 aromatic heterocycles. The van der Waals surface area contributed by atoms with Crippen LogP contribution < -0.4 is 11.5 Å². The number of nitrogen functional groups attached to an aromatic ring is 1. The summed E-state index contributed by atoms with van der Waals surface area (Å²) >= 11 is 0. The largest absolute Gasteiger partial charge is 0.373 e. The number of hydrogen-bond acceptors (Lipinski definition) is 4. The van der Waals surface area contributed by atoms with E-state index in [2.05, 4.69) is 5.10 Å². The van der Waals surface area contributed by atoms with Crippen LogP contribution in [0.1, 0.15) is 0 Å². The van der Waals surface area contributed by atoms with Gasteiger partial charge >= 0.3 is 11.7 Å².